The highest BCUT2D eigenvalue weighted by molar-refractivity contribution is 6.00. The van der Waals surface area contributed by atoms with Gasteiger partial charge in [-0.05, 0) is 50.2 Å². The molecule has 2 saturated heterocycles. The molecule has 1 N–H and O–H groups in total. The molecule has 2 aliphatic rings. The summed E-state index contributed by atoms with van der Waals surface area (Å²) in [4.78, 5) is 28.6. The van der Waals surface area contributed by atoms with E-state index in [0.29, 0.717) is 6.54 Å². The second-order valence-corrected chi connectivity index (χ2v) is 7.55. The van der Waals surface area contributed by atoms with Crippen LogP contribution in [0.3, 0.4) is 0 Å². The highest BCUT2D eigenvalue weighted by Gasteiger charge is 2.36. The van der Waals surface area contributed by atoms with Crippen LogP contribution in [0, 0.1) is 17.6 Å². The molecule has 2 unspecified atom stereocenters. The summed E-state index contributed by atoms with van der Waals surface area (Å²) in [6.07, 6.45) is 3.85. The van der Waals surface area contributed by atoms with Gasteiger partial charge in [-0.1, -0.05) is 0 Å². The van der Waals surface area contributed by atoms with Gasteiger partial charge in [-0.3, -0.25) is 14.5 Å². The smallest absolute Gasteiger partial charge is 0.227 e. The van der Waals surface area contributed by atoms with E-state index < -0.39 is 17.6 Å². The van der Waals surface area contributed by atoms with E-state index >= 15 is 0 Å². The molecule has 0 aliphatic carbocycles. The van der Waals surface area contributed by atoms with E-state index in [1.165, 1.54) is 4.90 Å². The molecule has 2 aliphatic heterocycles. The maximum Gasteiger partial charge on any atom is 0.227 e. The van der Waals surface area contributed by atoms with Crippen LogP contribution in [0.2, 0.25) is 0 Å². The first-order valence-corrected chi connectivity index (χ1v) is 9.83. The predicted octanol–water partition coefficient (Wildman–Crippen LogP) is 2.86. The number of anilines is 1. The number of amides is 2. The van der Waals surface area contributed by atoms with E-state index in [2.05, 4.69) is 10.2 Å². The quantitative estimate of drug-likeness (QED) is 0.806. The van der Waals surface area contributed by atoms with Crippen LogP contribution >= 0.6 is 0 Å². The molecule has 1 aromatic carbocycles. The van der Waals surface area contributed by atoms with Crippen molar-refractivity contribution in [3.05, 3.63) is 54.0 Å². The van der Waals surface area contributed by atoms with Crippen LogP contribution in [0.5, 0.6) is 0 Å². The molecule has 0 bridgehead atoms. The van der Waals surface area contributed by atoms with Gasteiger partial charge in [0.2, 0.25) is 11.8 Å². The number of nitrogens with zero attached hydrogens (tertiary/aromatic N) is 2. The Morgan fingerprint density at radius 3 is 2.59 bits per heavy atom. The van der Waals surface area contributed by atoms with E-state index in [1.54, 1.807) is 6.26 Å². The molecule has 4 rings (SSSR count). The third-order valence-electron chi connectivity index (χ3n) is 5.58. The summed E-state index contributed by atoms with van der Waals surface area (Å²) in [6.45, 7) is 2.37. The fourth-order valence-electron chi connectivity index (χ4n) is 4.11. The summed E-state index contributed by atoms with van der Waals surface area (Å²) in [5, 5.41) is 2.94. The number of hydrogen-bond acceptors (Lipinski definition) is 4. The molecule has 1 aromatic heterocycles. The standard InChI is InChI=1S/C21H23F2N3O3/c22-15-9-16(23)11-17(10-15)26-13-14(8-20(26)27)21(28)24-12-18(19-4-3-7-29-19)25-5-1-2-6-25/h3-4,7,9-11,14,18H,1-2,5-6,8,12-13H2,(H,24,28). The Morgan fingerprint density at radius 2 is 1.93 bits per heavy atom. The number of nitrogens with one attached hydrogen (secondary N) is 1. The third kappa shape index (κ3) is 4.32. The molecular weight excluding hydrogens is 380 g/mol. The minimum absolute atomic E-state index is 0.0130. The second-order valence-electron chi connectivity index (χ2n) is 7.55. The Kier molecular flexibility index (Phi) is 5.62. The lowest BCUT2D eigenvalue weighted by Gasteiger charge is -2.26. The average molecular weight is 403 g/mol. The van der Waals surface area contributed by atoms with Gasteiger partial charge in [0.1, 0.15) is 17.4 Å². The van der Waals surface area contributed by atoms with Crippen molar-refractivity contribution in [2.45, 2.75) is 25.3 Å². The summed E-state index contributed by atoms with van der Waals surface area (Å²) in [6, 6.07) is 6.62. The van der Waals surface area contributed by atoms with Gasteiger partial charge in [0, 0.05) is 31.3 Å². The van der Waals surface area contributed by atoms with Crippen molar-refractivity contribution in [2.24, 2.45) is 5.92 Å². The number of benzene rings is 1. The lowest BCUT2D eigenvalue weighted by molar-refractivity contribution is -0.126. The van der Waals surface area contributed by atoms with E-state index in [0.717, 1.165) is 49.9 Å². The van der Waals surface area contributed by atoms with Crippen LogP contribution < -0.4 is 10.2 Å². The maximum absolute atomic E-state index is 13.5. The monoisotopic (exact) mass is 403 g/mol. The lowest BCUT2D eigenvalue weighted by Crippen LogP contribution is -2.39. The van der Waals surface area contributed by atoms with Gasteiger partial charge in [-0.2, -0.15) is 0 Å². The summed E-state index contributed by atoms with van der Waals surface area (Å²) >= 11 is 0. The van der Waals surface area contributed by atoms with Gasteiger partial charge in [0.05, 0.1) is 18.2 Å². The SMILES string of the molecule is O=C(NCC(c1ccco1)N1CCCC1)C1CC(=O)N(c2cc(F)cc(F)c2)C1. The molecule has 0 spiro atoms. The summed E-state index contributed by atoms with van der Waals surface area (Å²) in [5.74, 6) is -1.85. The Morgan fingerprint density at radius 1 is 1.21 bits per heavy atom. The predicted molar refractivity (Wildman–Crippen MR) is 102 cm³/mol. The number of likely N-dealkylation sites (tertiary alicyclic amines) is 1. The Labute approximate surface area is 167 Å². The van der Waals surface area contributed by atoms with Crippen LogP contribution in [-0.2, 0) is 9.59 Å². The van der Waals surface area contributed by atoms with Gasteiger partial charge < -0.3 is 14.6 Å². The van der Waals surface area contributed by atoms with Crippen LogP contribution in [-0.4, -0.2) is 42.9 Å². The van der Waals surface area contributed by atoms with Crippen molar-refractivity contribution >= 4 is 17.5 Å². The van der Waals surface area contributed by atoms with Crippen molar-refractivity contribution in [1.29, 1.82) is 0 Å². The molecule has 154 valence electrons. The van der Waals surface area contributed by atoms with E-state index in [-0.39, 0.29) is 36.5 Å². The lowest BCUT2D eigenvalue weighted by atomic mass is 10.1. The Balaban J connectivity index is 1.40. The van der Waals surface area contributed by atoms with E-state index in [1.807, 2.05) is 12.1 Å². The van der Waals surface area contributed by atoms with Crippen LogP contribution in [0.1, 0.15) is 31.1 Å². The summed E-state index contributed by atoms with van der Waals surface area (Å²) in [5.41, 5.74) is 0.133. The van der Waals surface area contributed by atoms with E-state index in [4.69, 9.17) is 4.42 Å². The fourth-order valence-corrected chi connectivity index (χ4v) is 4.11. The van der Waals surface area contributed by atoms with Gasteiger partial charge in [0.25, 0.3) is 0 Å². The highest BCUT2D eigenvalue weighted by Crippen LogP contribution is 2.28. The van der Waals surface area contributed by atoms with Gasteiger partial charge >= 0.3 is 0 Å². The first kappa shape index (κ1) is 19.6. The highest BCUT2D eigenvalue weighted by atomic mass is 19.1. The van der Waals surface area contributed by atoms with Crippen molar-refractivity contribution in [3.63, 3.8) is 0 Å². The summed E-state index contributed by atoms with van der Waals surface area (Å²) < 4.78 is 32.5. The molecule has 2 atom stereocenters. The molecule has 2 aromatic rings. The normalized spacial score (nSPS) is 21.0. The average Bonchev–Trinajstić information content (AvgIpc) is 3.43. The van der Waals surface area contributed by atoms with Gasteiger partial charge in [0.15, 0.2) is 0 Å². The molecular formula is C21H23F2N3O3. The zero-order valence-electron chi connectivity index (χ0n) is 15.9. The van der Waals surface area contributed by atoms with E-state index in [9.17, 15) is 18.4 Å². The van der Waals surface area contributed by atoms with Crippen LogP contribution in [0.25, 0.3) is 0 Å². The number of halogens is 2. The maximum atomic E-state index is 13.5. The molecule has 6 nitrogen and oxygen atoms in total. The Bertz CT molecular complexity index is 861. The van der Waals surface area contributed by atoms with Crippen molar-refractivity contribution in [3.8, 4) is 0 Å². The van der Waals surface area contributed by atoms with Crippen LogP contribution in [0.4, 0.5) is 14.5 Å². The minimum Gasteiger partial charge on any atom is -0.468 e. The van der Waals surface area contributed by atoms with Crippen molar-refractivity contribution in [1.82, 2.24) is 10.2 Å². The van der Waals surface area contributed by atoms with Gasteiger partial charge in [-0.25, -0.2) is 8.78 Å². The van der Waals surface area contributed by atoms with Crippen molar-refractivity contribution < 1.29 is 22.8 Å². The number of carbonyl (C=O) groups is 2. The number of hydrogen-bond donors (Lipinski definition) is 1. The largest absolute Gasteiger partial charge is 0.468 e. The first-order chi connectivity index (χ1) is 14.0. The zero-order valence-corrected chi connectivity index (χ0v) is 15.9. The molecule has 29 heavy (non-hydrogen) atoms. The number of rotatable bonds is 6. The molecule has 2 fully saturated rings. The van der Waals surface area contributed by atoms with Crippen LogP contribution in [0.15, 0.2) is 41.0 Å². The summed E-state index contributed by atoms with van der Waals surface area (Å²) in [7, 11) is 0. The molecule has 3 heterocycles. The second kappa shape index (κ2) is 8.32. The first-order valence-electron chi connectivity index (χ1n) is 9.83. The van der Waals surface area contributed by atoms with Gasteiger partial charge in [-0.15, -0.1) is 0 Å². The fraction of sp³-hybridized carbons (Fsp3) is 0.429. The molecule has 0 saturated carbocycles. The zero-order chi connectivity index (χ0) is 20.4. The topological polar surface area (TPSA) is 65.8 Å². The number of furan rings is 1. The third-order valence-corrected chi connectivity index (χ3v) is 5.58. The van der Waals surface area contributed by atoms with Crippen molar-refractivity contribution in [2.75, 3.05) is 31.1 Å². The molecule has 0 radical (unpaired) electrons. The molecule has 2 amide bonds. The Hall–Kier alpha value is -2.74. The molecule has 8 heteroatoms. The minimum atomic E-state index is -0.757. The number of carbonyl (C=O) groups excluding carboxylic acids is 2.